The predicted octanol–water partition coefficient (Wildman–Crippen LogP) is 1.84. The van der Waals surface area contributed by atoms with Crippen LogP contribution in [0, 0.1) is 11.8 Å². The van der Waals surface area contributed by atoms with Crippen molar-refractivity contribution in [3.8, 4) is 11.8 Å². The summed E-state index contributed by atoms with van der Waals surface area (Å²) in [4.78, 5) is 0. The van der Waals surface area contributed by atoms with Crippen molar-refractivity contribution in [3.05, 3.63) is 59.7 Å². The van der Waals surface area contributed by atoms with Crippen LogP contribution in [0.3, 0.4) is 0 Å². The Balaban J connectivity index is 2.37. The zero-order chi connectivity index (χ0) is 12.8. The molecule has 0 saturated heterocycles. The zero-order valence-corrected chi connectivity index (χ0v) is 13.9. The van der Waals surface area contributed by atoms with E-state index in [2.05, 4.69) is 72.0 Å². The van der Waals surface area contributed by atoms with Gasteiger partial charge in [0.25, 0.3) is 0 Å². The van der Waals surface area contributed by atoms with Gasteiger partial charge in [0.2, 0.25) is 0 Å². The molecule has 0 unspecified atom stereocenters. The van der Waals surface area contributed by atoms with Crippen LogP contribution in [0.15, 0.2) is 48.5 Å². The zero-order valence-electron chi connectivity index (χ0n) is 10.4. The van der Waals surface area contributed by atoms with Crippen LogP contribution in [0.4, 0.5) is 0 Å². The van der Waals surface area contributed by atoms with Gasteiger partial charge in [-0.25, -0.2) is 0 Å². The number of benzene rings is 2. The Bertz CT molecular complexity index is 540. The summed E-state index contributed by atoms with van der Waals surface area (Å²) < 4.78 is 2.77. The Kier molecular flexibility index (Phi) is 5.11. The van der Waals surface area contributed by atoms with Gasteiger partial charge in [0.15, 0.2) is 0 Å². The van der Waals surface area contributed by atoms with Crippen LogP contribution in [-0.4, -0.2) is 29.9 Å². The second-order valence-corrected chi connectivity index (χ2v) is 7.21. The van der Waals surface area contributed by atoms with Crippen molar-refractivity contribution < 1.29 is 0 Å². The van der Waals surface area contributed by atoms with Gasteiger partial charge in [0.1, 0.15) is 0 Å². The summed E-state index contributed by atoms with van der Waals surface area (Å²) in [5, 5.41) is 0. The van der Waals surface area contributed by atoms with Crippen LogP contribution < -0.4 is 8.92 Å². The number of hydrogen-bond acceptors (Lipinski definition) is 0. The summed E-state index contributed by atoms with van der Waals surface area (Å²) in [5.74, 6) is 11.1. The first kappa shape index (κ1) is 13.5. The first-order valence-corrected chi connectivity index (χ1v) is 10.8. The van der Waals surface area contributed by atoms with E-state index in [9.17, 15) is 0 Å². The molecule has 0 spiro atoms. The number of rotatable bonds is 2. The van der Waals surface area contributed by atoms with Crippen LogP contribution in [0.5, 0.6) is 0 Å². The van der Waals surface area contributed by atoms with E-state index in [0.717, 1.165) is 0 Å². The molecule has 0 nitrogen and oxygen atoms in total. The first-order valence-electron chi connectivity index (χ1n) is 5.63. The fourth-order valence-corrected chi connectivity index (χ4v) is 3.95. The molecule has 2 heteroatoms. The van der Waals surface area contributed by atoms with E-state index < -0.39 is 0 Å². The summed E-state index contributed by atoms with van der Waals surface area (Å²) in [5.41, 5.74) is 2.36. The Morgan fingerprint density at radius 3 is 1.44 bits per heavy atom. The molecule has 90 valence electrons. The van der Waals surface area contributed by atoms with Gasteiger partial charge in [-0.3, -0.25) is 0 Å². The molecule has 0 aromatic heterocycles. The van der Waals surface area contributed by atoms with Gasteiger partial charge < -0.3 is 0 Å². The fourth-order valence-electron chi connectivity index (χ4n) is 1.63. The van der Waals surface area contributed by atoms with Gasteiger partial charge in [0, 0.05) is 0 Å². The van der Waals surface area contributed by atoms with E-state index in [1.165, 1.54) is 20.1 Å². The Morgan fingerprint density at radius 2 is 1.06 bits per heavy atom. The van der Waals surface area contributed by atoms with E-state index in [1.807, 2.05) is 0 Å². The van der Waals surface area contributed by atoms with E-state index in [4.69, 9.17) is 0 Å². The summed E-state index contributed by atoms with van der Waals surface area (Å²) in [6, 6.07) is 16.9. The van der Waals surface area contributed by atoms with Gasteiger partial charge in [-0.1, -0.05) is 0 Å². The van der Waals surface area contributed by atoms with Gasteiger partial charge in [-0.15, -0.1) is 0 Å². The second-order valence-electron chi connectivity index (χ2n) is 3.65. The van der Waals surface area contributed by atoms with Crippen molar-refractivity contribution >= 4 is 38.8 Å². The molecule has 0 saturated carbocycles. The van der Waals surface area contributed by atoms with Gasteiger partial charge in [0.05, 0.1) is 0 Å². The molecular weight excluding hydrogens is 350 g/mol. The normalized spacial score (nSPS) is 9.67. The van der Waals surface area contributed by atoms with Crippen molar-refractivity contribution in [2.24, 2.45) is 0 Å². The molecule has 18 heavy (non-hydrogen) atoms. The molecule has 0 bridgehead atoms. The summed E-state index contributed by atoms with van der Waals surface area (Å²) in [6.07, 6.45) is 0. The molecule has 0 radical (unpaired) electrons. The maximum atomic E-state index is 3.33. The molecule has 0 heterocycles. The number of hydrogen-bond donors (Lipinski definition) is 0. The SMILES string of the molecule is C[Se]c1ccccc1C#Cc1ccccc1[Se]C. The third-order valence-electron chi connectivity index (χ3n) is 2.55. The molecule has 0 aliphatic heterocycles. The van der Waals surface area contributed by atoms with E-state index in [0.29, 0.717) is 29.9 Å². The molecule has 0 fully saturated rings. The molecular formula is C16H14Se2. The average Bonchev–Trinajstić information content (AvgIpc) is 2.45. The third kappa shape index (κ3) is 3.28. The Hall–Kier alpha value is -0.961. The van der Waals surface area contributed by atoms with E-state index >= 15 is 0 Å². The quantitative estimate of drug-likeness (QED) is 0.564. The molecule has 0 amide bonds. The van der Waals surface area contributed by atoms with Crippen molar-refractivity contribution in [3.63, 3.8) is 0 Å². The van der Waals surface area contributed by atoms with E-state index in [-0.39, 0.29) is 0 Å². The molecule has 0 atom stereocenters. The van der Waals surface area contributed by atoms with Crippen molar-refractivity contribution in [2.75, 3.05) is 0 Å². The molecule has 0 N–H and O–H groups in total. The monoisotopic (exact) mass is 366 g/mol. The topological polar surface area (TPSA) is 0 Å². The fraction of sp³-hybridized carbons (Fsp3) is 0.125. The van der Waals surface area contributed by atoms with Gasteiger partial charge >= 0.3 is 122 Å². The molecule has 0 aliphatic rings. The minimum atomic E-state index is 0.499. The van der Waals surface area contributed by atoms with Crippen LogP contribution >= 0.6 is 0 Å². The third-order valence-corrected chi connectivity index (χ3v) is 5.89. The van der Waals surface area contributed by atoms with Crippen molar-refractivity contribution in [2.45, 2.75) is 11.6 Å². The Morgan fingerprint density at radius 1 is 0.667 bits per heavy atom. The first-order chi connectivity index (χ1) is 8.85. The van der Waals surface area contributed by atoms with E-state index in [1.54, 1.807) is 0 Å². The molecule has 0 aliphatic carbocycles. The molecule has 2 aromatic rings. The van der Waals surface area contributed by atoms with Crippen LogP contribution in [0.25, 0.3) is 0 Å². The van der Waals surface area contributed by atoms with Crippen molar-refractivity contribution in [1.29, 1.82) is 0 Å². The molecule has 2 rings (SSSR count). The maximum absolute atomic E-state index is 3.33. The van der Waals surface area contributed by atoms with Gasteiger partial charge in [-0.2, -0.15) is 0 Å². The minimum absolute atomic E-state index is 0.499. The summed E-state index contributed by atoms with van der Waals surface area (Å²) in [6.45, 7) is 0. The average molecular weight is 364 g/mol. The summed E-state index contributed by atoms with van der Waals surface area (Å²) >= 11 is 0.999. The summed E-state index contributed by atoms with van der Waals surface area (Å²) in [7, 11) is 0. The van der Waals surface area contributed by atoms with Crippen LogP contribution in [-0.2, 0) is 0 Å². The predicted molar refractivity (Wildman–Crippen MR) is 81.4 cm³/mol. The van der Waals surface area contributed by atoms with Crippen molar-refractivity contribution in [1.82, 2.24) is 0 Å². The van der Waals surface area contributed by atoms with Crippen LogP contribution in [0.1, 0.15) is 11.1 Å². The van der Waals surface area contributed by atoms with Crippen LogP contribution in [0.2, 0.25) is 11.6 Å². The van der Waals surface area contributed by atoms with Gasteiger partial charge in [-0.05, 0) is 0 Å². The Labute approximate surface area is 122 Å². The second kappa shape index (κ2) is 6.83. The standard InChI is InChI=1S/C16H14Se2/c1-17-15-9-5-3-7-13(15)11-12-14-8-4-6-10-16(14)18-2/h3-10H,1-2H3. The molecule has 2 aromatic carbocycles.